The van der Waals surface area contributed by atoms with Crippen molar-refractivity contribution in [1.29, 1.82) is 0 Å². The zero-order chi connectivity index (χ0) is 26.8. The molecule has 2 aliphatic heterocycles. The van der Waals surface area contributed by atoms with Gasteiger partial charge in [-0.25, -0.2) is 0 Å². The predicted octanol–water partition coefficient (Wildman–Crippen LogP) is 4.40. The summed E-state index contributed by atoms with van der Waals surface area (Å²) in [6.07, 6.45) is 1.64. The third-order valence-electron chi connectivity index (χ3n) is 8.37. The Balaban J connectivity index is 1.35. The normalized spacial score (nSPS) is 27.1. The molecule has 2 heterocycles. The number of methoxy groups -OCH3 is 1. The van der Waals surface area contributed by atoms with E-state index in [-0.39, 0.29) is 17.9 Å². The minimum atomic E-state index is -4.36. The summed E-state index contributed by atoms with van der Waals surface area (Å²) < 4.78 is 45.0. The van der Waals surface area contributed by atoms with Gasteiger partial charge in [0, 0.05) is 52.0 Å². The van der Waals surface area contributed by atoms with Crippen LogP contribution in [0.15, 0.2) is 48.2 Å². The molecule has 1 N–H and O–H groups in total. The summed E-state index contributed by atoms with van der Waals surface area (Å²) in [5.41, 5.74) is 0.149. The van der Waals surface area contributed by atoms with Gasteiger partial charge in [-0.3, -0.25) is 9.69 Å². The first-order valence-corrected chi connectivity index (χ1v) is 13.1. The van der Waals surface area contributed by atoms with E-state index in [1.54, 1.807) is 19.1 Å². The molecular weight excluding hydrogens is 481 g/mol. The van der Waals surface area contributed by atoms with Crippen molar-refractivity contribution in [2.24, 2.45) is 11.3 Å². The number of amides is 1. The molecule has 0 aromatic heterocycles. The summed E-state index contributed by atoms with van der Waals surface area (Å²) in [5, 5.41) is 3.64. The number of nitrogens with zero attached hydrogens (tertiary/aromatic N) is 3. The average Bonchev–Trinajstić information content (AvgIpc) is 3.33. The topological polar surface area (TPSA) is 48.1 Å². The van der Waals surface area contributed by atoms with Crippen molar-refractivity contribution < 1.29 is 22.7 Å². The maximum atomic E-state index is 13.9. The van der Waals surface area contributed by atoms with E-state index < -0.39 is 23.3 Å². The maximum absolute atomic E-state index is 13.9. The highest BCUT2D eigenvalue weighted by atomic mass is 19.4. The number of benzene rings is 1. The minimum Gasteiger partial charge on any atom is -0.497 e. The van der Waals surface area contributed by atoms with E-state index in [4.69, 9.17) is 4.74 Å². The van der Waals surface area contributed by atoms with Gasteiger partial charge in [0.1, 0.15) is 11.9 Å². The van der Waals surface area contributed by atoms with Crippen LogP contribution in [0.3, 0.4) is 0 Å². The number of likely N-dealkylation sites (N-methyl/N-ethyl adjacent to an activating group) is 1. The fourth-order valence-electron chi connectivity index (χ4n) is 5.90. The Kier molecular flexibility index (Phi) is 8.23. The Morgan fingerprint density at radius 3 is 2.43 bits per heavy atom. The monoisotopic (exact) mass is 520 g/mol. The molecule has 1 unspecified atom stereocenters. The number of carbonyl (C=O) groups excluding carboxylic acids is 1. The Morgan fingerprint density at radius 2 is 1.84 bits per heavy atom. The number of nitrogens with one attached hydrogen (secondary N) is 1. The number of rotatable bonds is 7. The Hall–Kier alpha value is -2.52. The number of piperazine rings is 1. The highest BCUT2D eigenvalue weighted by molar-refractivity contribution is 5.83. The van der Waals surface area contributed by atoms with Crippen LogP contribution in [0, 0.1) is 11.3 Å². The second-order valence-electron chi connectivity index (χ2n) is 10.8. The van der Waals surface area contributed by atoms with E-state index in [2.05, 4.69) is 19.2 Å². The van der Waals surface area contributed by atoms with Crippen molar-refractivity contribution in [1.82, 2.24) is 20.0 Å². The molecule has 9 heteroatoms. The zero-order valence-electron chi connectivity index (χ0n) is 22.2. The molecule has 0 bridgehead atoms. The molecule has 1 aliphatic carbocycles. The van der Waals surface area contributed by atoms with Crippen molar-refractivity contribution in [2.45, 2.75) is 58.0 Å². The van der Waals surface area contributed by atoms with Crippen molar-refractivity contribution in [3.63, 3.8) is 0 Å². The van der Waals surface area contributed by atoms with Gasteiger partial charge in [-0.05, 0) is 55.0 Å². The number of hydrogen-bond donors (Lipinski definition) is 1. The molecule has 1 aromatic rings. The molecule has 1 amide bonds. The lowest BCUT2D eigenvalue weighted by molar-refractivity contribution is -0.147. The number of carbonyl (C=O) groups is 1. The lowest BCUT2D eigenvalue weighted by atomic mass is 9.74. The van der Waals surface area contributed by atoms with Gasteiger partial charge in [0.2, 0.25) is 5.91 Å². The van der Waals surface area contributed by atoms with Gasteiger partial charge in [0.05, 0.1) is 18.1 Å². The summed E-state index contributed by atoms with van der Waals surface area (Å²) in [4.78, 5) is 19.6. The van der Waals surface area contributed by atoms with Crippen molar-refractivity contribution in [2.75, 3.05) is 40.3 Å². The van der Waals surface area contributed by atoms with Crippen LogP contribution < -0.4 is 10.1 Å². The molecule has 1 saturated carbocycles. The molecule has 37 heavy (non-hydrogen) atoms. The zero-order valence-corrected chi connectivity index (χ0v) is 22.2. The second kappa shape index (κ2) is 11.1. The lowest BCUT2D eigenvalue weighted by Crippen LogP contribution is -2.58. The first-order valence-electron chi connectivity index (χ1n) is 13.1. The molecule has 1 aromatic carbocycles. The first kappa shape index (κ1) is 27.5. The standard InChI is InChI=1S/C28H39F3N4O2/c1-20(2)27(11-9-23(18-27)32-19-21-5-7-24(37-4)8-6-21)26(36)35-15-13-34(14-16-35)25-17-22(28(29,30)31)10-12-33(25)3/h5-8,10,12,17,20,23,25,32H,9,11,13-16,18-19H2,1-4H3/t23-,25?,27+/m1/s1. The first-order chi connectivity index (χ1) is 17.5. The van der Waals surface area contributed by atoms with Gasteiger partial charge in [-0.2, -0.15) is 13.2 Å². The van der Waals surface area contributed by atoms with Crippen LogP contribution in [-0.4, -0.2) is 79.3 Å². The van der Waals surface area contributed by atoms with E-state index in [1.165, 1.54) is 17.8 Å². The molecule has 204 valence electrons. The number of ether oxygens (including phenoxy) is 1. The van der Waals surface area contributed by atoms with Crippen molar-refractivity contribution in [3.8, 4) is 5.75 Å². The number of alkyl halides is 3. The summed E-state index contributed by atoms with van der Waals surface area (Å²) in [7, 11) is 3.44. The summed E-state index contributed by atoms with van der Waals surface area (Å²) in [5.74, 6) is 1.23. The van der Waals surface area contributed by atoms with E-state index in [9.17, 15) is 18.0 Å². The largest absolute Gasteiger partial charge is 0.497 e. The maximum Gasteiger partial charge on any atom is 0.416 e. The molecule has 1 saturated heterocycles. The van der Waals surface area contributed by atoms with Gasteiger partial charge in [0.15, 0.2) is 0 Å². The summed E-state index contributed by atoms with van der Waals surface area (Å²) in [6, 6.07) is 8.27. The SMILES string of the molecule is COc1ccc(CN[C@@H]2CC[C@@](C(=O)N3CCN(C4C=C(C(F)(F)F)C=CN4C)CC3)(C(C)C)C2)cc1. The summed E-state index contributed by atoms with van der Waals surface area (Å²) in [6.45, 7) is 7.15. The van der Waals surface area contributed by atoms with Crippen LogP contribution >= 0.6 is 0 Å². The van der Waals surface area contributed by atoms with Gasteiger partial charge >= 0.3 is 6.18 Å². The van der Waals surface area contributed by atoms with Crippen LogP contribution in [-0.2, 0) is 11.3 Å². The molecule has 2 fully saturated rings. The van der Waals surface area contributed by atoms with E-state index >= 15 is 0 Å². The minimum absolute atomic E-state index is 0.194. The van der Waals surface area contributed by atoms with Gasteiger partial charge in [0.25, 0.3) is 0 Å². The molecule has 6 nitrogen and oxygen atoms in total. The second-order valence-corrected chi connectivity index (χ2v) is 10.8. The molecule has 4 rings (SSSR count). The molecule has 0 radical (unpaired) electrons. The van der Waals surface area contributed by atoms with Gasteiger partial charge in [-0.15, -0.1) is 0 Å². The Labute approximate surface area is 218 Å². The van der Waals surface area contributed by atoms with E-state index in [1.807, 2.05) is 34.1 Å². The van der Waals surface area contributed by atoms with E-state index in [0.29, 0.717) is 26.2 Å². The van der Waals surface area contributed by atoms with Crippen LogP contribution in [0.2, 0.25) is 0 Å². The van der Waals surface area contributed by atoms with Crippen LogP contribution in [0.4, 0.5) is 13.2 Å². The van der Waals surface area contributed by atoms with E-state index in [0.717, 1.165) is 37.6 Å². The number of allylic oxidation sites excluding steroid dienone is 2. The molecule has 3 atom stereocenters. The molecule has 3 aliphatic rings. The number of hydrogen-bond acceptors (Lipinski definition) is 5. The summed E-state index contributed by atoms with van der Waals surface area (Å²) >= 11 is 0. The fraction of sp³-hybridized carbons (Fsp3) is 0.607. The van der Waals surface area contributed by atoms with Crippen molar-refractivity contribution >= 4 is 5.91 Å². The highest BCUT2D eigenvalue weighted by Crippen LogP contribution is 2.46. The third-order valence-corrected chi connectivity index (χ3v) is 8.37. The average molecular weight is 521 g/mol. The third kappa shape index (κ3) is 5.98. The molecular formula is C28H39F3N4O2. The van der Waals surface area contributed by atoms with Crippen LogP contribution in [0.1, 0.15) is 38.7 Å². The Bertz CT molecular complexity index is 1000. The van der Waals surface area contributed by atoms with Crippen LogP contribution in [0.5, 0.6) is 5.75 Å². The molecule has 0 spiro atoms. The predicted molar refractivity (Wildman–Crippen MR) is 138 cm³/mol. The fourth-order valence-corrected chi connectivity index (χ4v) is 5.90. The quantitative estimate of drug-likeness (QED) is 0.578. The van der Waals surface area contributed by atoms with Crippen LogP contribution in [0.25, 0.3) is 0 Å². The highest BCUT2D eigenvalue weighted by Gasteiger charge is 2.49. The number of halogens is 3. The Morgan fingerprint density at radius 1 is 1.16 bits per heavy atom. The van der Waals surface area contributed by atoms with Crippen molar-refractivity contribution in [3.05, 3.63) is 53.8 Å². The van der Waals surface area contributed by atoms with Gasteiger partial charge in [-0.1, -0.05) is 26.0 Å². The van der Waals surface area contributed by atoms with Gasteiger partial charge < -0.3 is 19.9 Å². The lowest BCUT2D eigenvalue weighted by Gasteiger charge is -2.45. The smallest absolute Gasteiger partial charge is 0.416 e.